The Balaban J connectivity index is 2.69. The Morgan fingerprint density at radius 2 is 2.12 bits per heavy atom. The molecule has 0 aliphatic carbocycles. The van der Waals surface area contributed by atoms with Crippen molar-refractivity contribution >= 4 is 16.3 Å². The van der Waals surface area contributed by atoms with Gasteiger partial charge in [0.1, 0.15) is 0 Å². The van der Waals surface area contributed by atoms with Crippen molar-refractivity contribution in [2.24, 2.45) is 5.73 Å². The van der Waals surface area contributed by atoms with Gasteiger partial charge in [-0.2, -0.15) is 0 Å². The molecule has 2 N–H and O–H groups in total. The Morgan fingerprint density at radius 1 is 1.44 bits per heavy atom. The molecule has 0 fully saturated rings. The molecule has 0 aliphatic rings. The molecule has 3 nitrogen and oxygen atoms in total. The third-order valence-corrected chi connectivity index (χ3v) is 3.66. The molecule has 2 aromatic heterocycles. The van der Waals surface area contributed by atoms with E-state index in [0.29, 0.717) is 6.54 Å². The lowest BCUT2D eigenvalue weighted by atomic mass is 9.90. The minimum absolute atomic E-state index is 0.0860. The molecule has 2 aromatic rings. The van der Waals surface area contributed by atoms with Gasteiger partial charge in [-0.15, -0.1) is 11.3 Å². The molecule has 2 heterocycles. The second kappa shape index (κ2) is 3.86. The maximum Gasteiger partial charge on any atom is 0.194 e. The van der Waals surface area contributed by atoms with Crippen molar-refractivity contribution < 1.29 is 0 Å². The van der Waals surface area contributed by atoms with Crippen molar-refractivity contribution in [3.63, 3.8) is 0 Å². The highest BCUT2D eigenvalue weighted by Crippen LogP contribution is 2.29. The van der Waals surface area contributed by atoms with Crippen LogP contribution in [0.5, 0.6) is 0 Å². The summed E-state index contributed by atoms with van der Waals surface area (Å²) in [6.07, 6.45) is 0.894. The number of hydrogen-bond acceptors (Lipinski definition) is 3. The summed E-state index contributed by atoms with van der Waals surface area (Å²) in [4.78, 5) is 5.84. The summed E-state index contributed by atoms with van der Waals surface area (Å²) in [5.41, 5.74) is 9.52. The number of thiazole rings is 1. The van der Waals surface area contributed by atoms with Crippen LogP contribution in [0.2, 0.25) is 0 Å². The topological polar surface area (TPSA) is 43.3 Å². The zero-order chi connectivity index (χ0) is 11.9. The molecule has 0 atom stereocenters. The first kappa shape index (κ1) is 11.6. The van der Waals surface area contributed by atoms with Crippen LogP contribution in [0.4, 0.5) is 0 Å². The standard InChI is InChI=1S/C12H19N3S/c1-8-7-16-11-14-10(12(2,3)4)9(5-6-13)15(8)11/h7H,5-6,13H2,1-4H3. The van der Waals surface area contributed by atoms with E-state index in [4.69, 9.17) is 10.7 Å². The van der Waals surface area contributed by atoms with E-state index in [1.54, 1.807) is 11.3 Å². The minimum Gasteiger partial charge on any atom is -0.330 e. The molecule has 0 unspecified atom stereocenters. The van der Waals surface area contributed by atoms with E-state index >= 15 is 0 Å². The summed E-state index contributed by atoms with van der Waals surface area (Å²) < 4.78 is 2.25. The van der Waals surface area contributed by atoms with Gasteiger partial charge in [-0.3, -0.25) is 4.40 Å². The van der Waals surface area contributed by atoms with Gasteiger partial charge in [0, 0.05) is 28.6 Å². The Morgan fingerprint density at radius 3 is 2.69 bits per heavy atom. The number of imidazole rings is 1. The molecule has 0 bridgehead atoms. The van der Waals surface area contributed by atoms with Crippen LogP contribution in [0, 0.1) is 6.92 Å². The van der Waals surface area contributed by atoms with Gasteiger partial charge < -0.3 is 5.73 Å². The van der Waals surface area contributed by atoms with Gasteiger partial charge in [-0.1, -0.05) is 20.8 Å². The van der Waals surface area contributed by atoms with E-state index in [1.807, 2.05) is 0 Å². The van der Waals surface area contributed by atoms with Crippen molar-refractivity contribution in [1.29, 1.82) is 0 Å². The van der Waals surface area contributed by atoms with E-state index in [9.17, 15) is 0 Å². The van der Waals surface area contributed by atoms with Crippen LogP contribution in [0.25, 0.3) is 4.96 Å². The van der Waals surface area contributed by atoms with Gasteiger partial charge in [0.05, 0.1) is 5.69 Å². The number of aromatic nitrogens is 2. The zero-order valence-electron chi connectivity index (χ0n) is 10.4. The number of nitrogens with two attached hydrogens (primary N) is 1. The first-order chi connectivity index (χ1) is 7.45. The summed E-state index contributed by atoms with van der Waals surface area (Å²) in [6, 6.07) is 0. The van der Waals surface area contributed by atoms with E-state index < -0.39 is 0 Å². The van der Waals surface area contributed by atoms with Gasteiger partial charge in [0.15, 0.2) is 4.96 Å². The smallest absolute Gasteiger partial charge is 0.194 e. The molecule has 0 aromatic carbocycles. The molecule has 0 saturated heterocycles. The number of fused-ring (bicyclic) bond motifs is 1. The fourth-order valence-electron chi connectivity index (χ4n) is 2.03. The highest BCUT2D eigenvalue weighted by Gasteiger charge is 2.24. The van der Waals surface area contributed by atoms with Gasteiger partial charge in [-0.05, 0) is 13.5 Å². The quantitative estimate of drug-likeness (QED) is 0.872. The van der Waals surface area contributed by atoms with Crippen LogP contribution in [-0.4, -0.2) is 15.9 Å². The lowest BCUT2D eigenvalue weighted by Crippen LogP contribution is -2.17. The molecule has 2 rings (SSSR count). The third kappa shape index (κ3) is 1.76. The highest BCUT2D eigenvalue weighted by molar-refractivity contribution is 7.15. The normalized spacial score (nSPS) is 12.6. The zero-order valence-corrected chi connectivity index (χ0v) is 11.2. The second-order valence-electron chi connectivity index (χ2n) is 5.19. The maximum atomic E-state index is 5.70. The number of nitrogens with zero attached hydrogens (tertiary/aromatic N) is 2. The third-order valence-electron chi connectivity index (χ3n) is 2.72. The highest BCUT2D eigenvalue weighted by atomic mass is 32.1. The second-order valence-corrected chi connectivity index (χ2v) is 6.03. The molecule has 16 heavy (non-hydrogen) atoms. The average molecular weight is 237 g/mol. The van der Waals surface area contributed by atoms with Crippen molar-refractivity contribution in [3.05, 3.63) is 22.5 Å². The molecule has 0 radical (unpaired) electrons. The van der Waals surface area contributed by atoms with Crippen LogP contribution in [0.1, 0.15) is 37.9 Å². The largest absolute Gasteiger partial charge is 0.330 e. The summed E-state index contributed by atoms with van der Waals surface area (Å²) in [5, 5.41) is 2.15. The first-order valence-corrected chi connectivity index (χ1v) is 6.49. The van der Waals surface area contributed by atoms with Crippen LogP contribution >= 0.6 is 11.3 Å². The summed E-state index contributed by atoms with van der Waals surface area (Å²) >= 11 is 1.70. The molecule has 0 amide bonds. The Labute approximate surface area is 100 Å². The van der Waals surface area contributed by atoms with E-state index in [-0.39, 0.29) is 5.41 Å². The lowest BCUT2D eigenvalue weighted by molar-refractivity contribution is 0.563. The Kier molecular flexibility index (Phi) is 2.80. The molecule has 0 spiro atoms. The predicted molar refractivity (Wildman–Crippen MR) is 69.3 cm³/mol. The number of rotatable bonds is 2. The Hall–Kier alpha value is -0.870. The van der Waals surface area contributed by atoms with Crippen LogP contribution in [-0.2, 0) is 11.8 Å². The number of hydrogen-bond donors (Lipinski definition) is 1. The van der Waals surface area contributed by atoms with Crippen molar-refractivity contribution in [3.8, 4) is 0 Å². The van der Waals surface area contributed by atoms with Crippen LogP contribution in [0.15, 0.2) is 5.38 Å². The van der Waals surface area contributed by atoms with E-state index in [0.717, 1.165) is 11.4 Å². The predicted octanol–water partition coefficient (Wildman–Crippen LogP) is 2.50. The van der Waals surface area contributed by atoms with E-state index in [2.05, 4.69) is 37.5 Å². The molecule has 88 valence electrons. The minimum atomic E-state index is 0.0860. The van der Waals surface area contributed by atoms with Gasteiger partial charge in [0.25, 0.3) is 0 Å². The molecule has 4 heteroatoms. The van der Waals surface area contributed by atoms with Crippen molar-refractivity contribution in [2.75, 3.05) is 6.54 Å². The van der Waals surface area contributed by atoms with Crippen LogP contribution in [0.3, 0.4) is 0 Å². The first-order valence-electron chi connectivity index (χ1n) is 5.61. The fourth-order valence-corrected chi connectivity index (χ4v) is 2.92. The maximum absolute atomic E-state index is 5.70. The van der Waals surface area contributed by atoms with Gasteiger partial charge >= 0.3 is 0 Å². The van der Waals surface area contributed by atoms with Crippen molar-refractivity contribution in [1.82, 2.24) is 9.38 Å². The number of aryl methyl sites for hydroxylation is 1. The SMILES string of the molecule is Cc1csc2nc(C(C)(C)C)c(CCN)n12. The van der Waals surface area contributed by atoms with Gasteiger partial charge in [0.2, 0.25) is 0 Å². The summed E-state index contributed by atoms with van der Waals surface area (Å²) in [5.74, 6) is 0. The lowest BCUT2D eigenvalue weighted by Gasteiger charge is -2.17. The van der Waals surface area contributed by atoms with Crippen LogP contribution < -0.4 is 5.73 Å². The van der Waals surface area contributed by atoms with Gasteiger partial charge in [-0.25, -0.2) is 4.98 Å². The summed E-state index contributed by atoms with van der Waals surface area (Å²) in [7, 11) is 0. The molecular formula is C12H19N3S. The van der Waals surface area contributed by atoms with Crippen molar-refractivity contribution in [2.45, 2.75) is 39.5 Å². The van der Waals surface area contributed by atoms with E-state index in [1.165, 1.54) is 17.1 Å². The monoisotopic (exact) mass is 237 g/mol. The fraction of sp³-hybridized carbons (Fsp3) is 0.583. The molecule has 0 saturated carbocycles. The Bertz CT molecular complexity index is 502. The summed E-state index contributed by atoms with van der Waals surface area (Å²) in [6.45, 7) is 9.40. The average Bonchev–Trinajstić information content (AvgIpc) is 2.68. The molecular weight excluding hydrogens is 218 g/mol. The molecule has 0 aliphatic heterocycles.